The molecule has 0 aromatic heterocycles. The molecule has 2 unspecified atom stereocenters. The quantitative estimate of drug-likeness (QED) is 0.207. The largest absolute Gasteiger partial charge is 0.342 e. The van der Waals surface area contributed by atoms with Crippen LogP contribution in [0.3, 0.4) is 0 Å². The Morgan fingerprint density at radius 1 is 0.535 bits per heavy atom. The van der Waals surface area contributed by atoms with Gasteiger partial charge in [-0.2, -0.15) is 0 Å². The monoisotopic (exact) mass is 568 g/mol. The molecule has 4 aromatic carbocycles. The van der Waals surface area contributed by atoms with Gasteiger partial charge in [-0.05, 0) is 85.3 Å². The molecule has 0 saturated heterocycles. The highest BCUT2D eigenvalue weighted by atomic mass is 16.2. The predicted octanol–water partition coefficient (Wildman–Crippen LogP) is 6.06. The lowest BCUT2D eigenvalue weighted by Gasteiger charge is -2.16. The molecular weight excluding hydrogens is 540 g/mol. The SMILES string of the molecule is O=C(Nc1ccccc1)c1ccc(C(=O)Nc2cccc(NC(=O)c3ccc(C(=O)NC45C=CC=CC4C5)cc3)c2)cc1. The second kappa shape index (κ2) is 11.6. The van der Waals surface area contributed by atoms with Gasteiger partial charge in [0.1, 0.15) is 0 Å². The molecular formula is C35H28N4O4. The highest BCUT2D eigenvalue weighted by molar-refractivity contribution is 6.08. The minimum Gasteiger partial charge on any atom is -0.342 e. The molecule has 4 N–H and O–H groups in total. The van der Waals surface area contributed by atoms with Gasteiger partial charge in [0.2, 0.25) is 0 Å². The molecule has 2 atom stereocenters. The number of rotatable bonds is 8. The fourth-order valence-corrected chi connectivity index (χ4v) is 4.98. The van der Waals surface area contributed by atoms with Crippen molar-refractivity contribution in [2.75, 3.05) is 16.0 Å². The molecule has 0 radical (unpaired) electrons. The smallest absolute Gasteiger partial charge is 0.255 e. The third-order valence-corrected chi connectivity index (χ3v) is 7.48. The summed E-state index contributed by atoms with van der Waals surface area (Å²) in [7, 11) is 0. The van der Waals surface area contributed by atoms with E-state index in [9.17, 15) is 19.2 Å². The Bertz CT molecular complexity index is 1760. The topological polar surface area (TPSA) is 116 Å². The Hall–Kier alpha value is -5.76. The van der Waals surface area contributed by atoms with Crippen LogP contribution in [0.15, 0.2) is 127 Å². The first-order valence-electron chi connectivity index (χ1n) is 13.9. The molecule has 0 bridgehead atoms. The number of fused-ring (bicyclic) bond motifs is 1. The van der Waals surface area contributed by atoms with E-state index in [4.69, 9.17) is 0 Å². The second-order valence-corrected chi connectivity index (χ2v) is 10.5. The summed E-state index contributed by atoms with van der Waals surface area (Å²) < 4.78 is 0. The average molecular weight is 569 g/mol. The fourth-order valence-electron chi connectivity index (χ4n) is 4.98. The van der Waals surface area contributed by atoms with Gasteiger partial charge in [-0.3, -0.25) is 19.2 Å². The molecule has 0 aliphatic heterocycles. The van der Waals surface area contributed by atoms with Gasteiger partial charge < -0.3 is 21.3 Å². The number of hydrogen-bond acceptors (Lipinski definition) is 4. The second-order valence-electron chi connectivity index (χ2n) is 10.5. The van der Waals surface area contributed by atoms with Gasteiger partial charge in [-0.25, -0.2) is 0 Å². The summed E-state index contributed by atoms with van der Waals surface area (Å²) in [6, 6.07) is 28.7. The van der Waals surface area contributed by atoms with Crippen LogP contribution in [-0.4, -0.2) is 29.2 Å². The summed E-state index contributed by atoms with van der Waals surface area (Å²) in [4.78, 5) is 50.9. The van der Waals surface area contributed by atoms with Crippen molar-refractivity contribution >= 4 is 40.7 Å². The van der Waals surface area contributed by atoms with Crippen LogP contribution in [0.2, 0.25) is 0 Å². The van der Waals surface area contributed by atoms with Gasteiger partial charge in [-0.1, -0.05) is 48.6 Å². The number of carbonyl (C=O) groups excluding carboxylic acids is 4. The highest BCUT2D eigenvalue weighted by Crippen LogP contribution is 2.47. The fraction of sp³-hybridized carbons (Fsp3) is 0.0857. The number of benzene rings is 4. The van der Waals surface area contributed by atoms with E-state index < -0.39 is 0 Å². The molecule has 1 fully saturated rings. The number of para-hydroxylation sites is 1. The lowest BCUT2D eigenvalue weighted by Crippen LogP contribution is -2.37. The maximum atomic E-state index is 12.9. The third kappa shape index (κ3) is 6.28. The van der Waals surface area contributed by atoms with Crippen LogP contribution in [-0.2, 0) is 0 Å². The molecule has 0 spiro atoms. The molecule has 4 amide bonds. The zero-order valence-corrected chi connectivity index (χ0v) is 23.0. The van der Waals surface area contributed by atoms with E-state index in [2.05, 4.69) is 27.3 Å². The Kier molecular flexibility index (Phi) is 7.41. The van der Waals surface area contributed by atoms with Crippen LogP contribution in [0.5, 0.6) is 0 Å². The first-order valence-corrected chi connectivity index (χ1v) is 13.9. The van der Waals surface area contributed by atoms with Crippen LogP contribution < -0.4 is 21.3 Å². The minimum atomic E-state index is -0.357. The molecule has 1 saturated carbocycles. The standard InChI is InChI=1S/C35H28N4O4/c40-31(36-28-8-2-1-3-9-28)23-12-14-24(15-13-23)32(41)37-29-10-6-11-30(21-29)38-33(42)25-16-18-26(19-17-25)34(43)39-35-20-5-4-7-27(35)22-35/h1-21,27H,22H2,(H,36,40)(H,37,41)(H,38,42)(H,39,43). The number of anilines is 3. The molecule has 4 aromatic rings. The van der Waals surface area contributed by atoms with Crippen molar-refractivity contribution in [3.05, 3.63) is 150 Å². The molecule has 43 heavy (non-hydrogen) atoms. The van der Waals surface area contributed by atoms with Gasteiger partial charge in [0.05, 0.1) is 5.54 Å². The highest BCUT2D eigenvalue weighted by Gasteiger charge is 2.52. The predicted molar refractivity (Wildman–Crippen MR) is 166 cm³/mol. The molecule has 212 valence electrons. The first-order chi connectivity index (χ1) is 20.9. The van der Waals surface area contributed by atoms with Crippen molar-refractivity contribution in [2.24, 2.45) is 5.92 Å². The summed E-state index contributed by atoms with van der Waals surface area (Å²) in [6.45, 7) is 0. The van der Waals surface area contributed by atoms with E-state index in [1.807, 2.05) is 36.4 Å². The maximum Gasteiger partial charge on any atom is 0.255 e. The zero-order chi connectivity index (χ0) is 29.8. The van der Waals surface area contributed by atoms with Crippen LogP contribution in [0, 0.1) is 5.92 Å². The molecule has 6 rings (SSSR count). The van der Waals surface area contributed by atoms with E-state index in [1.165, 1.54) is 0 Å². The van der Waals surface area contributed by atoms with Gasteiger partial charge in [-0.15, -0.1) is 0 Å². The number of amides is 4. The Balaban J connectivity index is 1.03. The van der Waals surface area contributed by atoms with E-state index >= 15 is 0 Å². The average Bonchev–Trinajstić information content (AvgIpc) is 3.76. The normalized spacial score (nSPS) is 17.7. The number of nitrogens with one attached hydrogen (secondary N) is 4. The lowest BCUT2D eigenvalue weighted by molar-refractivity contribution is 0.0935. The summed E-state index contributed by atoms with van der Waals surface area (Å²) in [6.07, 6.45) is 8.96. The third-order valence-electron chi connectivity index (χ3n) is 7.48. The summed E-state index contributed by atoms with van der Waals surface area (Å²) in [5, 5.41) is 11.5. The number of carbonyl (C=O) groups is 4. The van der Waals surface area contributed by atoms with Crippen molar-refractivity contribution in [3.8, 4) is 0 Å². The lowest BCUT2D eigenvalue weighted by atomic mass is 10.1. The molecule has 0 heterocycles. The van der Waals surface area contributed by atoms with Crippen LogP contribution >= 0.6 is 0 Å². The molecule has 8 heteroatoms. The minimum absolute atomic E-state index is 0.178. The number of allylic oxidation sites excluding steroid dienone is 2. The summed E-state index contributed by atoms with van der Waals surface area (Å²) in [5.74, 6) is -0.815. The molecule has 2 aliphatic carbocycles. The maximum absolute atomic E-state index is 12.9. The zero-order valence-electron chi connectivity index (χ0n) is 23.0. The van der Waals surface area contributed by atoms with Crippen LogP contribution in [0.1, 0.15) is 47.9 Å². The van der Waals surface area contributed by atoms with Crippen LogP contribution in [0.25, 0.3) is 0 Å². The van der Waals surface area contributed by atoms with Gasteiger partial charge >= 0.3 is 0 Å². The van der Waals surface area contributed by atoms with Crippen molar-refractivity contribution in [3.63, 3.8) is 0 Å². The van der Waals surface area contributed by atoms with Gasteiger partial charge in [0.25, 0.3) is 23.6 Å². The summed E-state index contributed by atoms with van der Waals surface area (Å²) in [5.41, 5.74) is 3.06. The van der Waals surface area contributed by atoms with E-state index in [-0.39, 0.29) is 29.2 Å². The Morgan fingerprint density at radius 2 is 1.00 bits per heavy atom. The van der Waals surface area contributed by atoms with E-state index in [1.54, 1.807) is 84.9 Å². The first kappa shape index (κ1) is 27.4. The van der Waals surface area contributed by atoms with Gasteiger partial charge in [0, 0.05) is 45.2 Å². The number of hydrogen-bond donors (Lipinski definition) is 4. The molecule has 2 aliphatic rings. The van der Waals surface area contributed by atoms with E-state index in [0.717, 1.165) is 6.42 Å². The van der Waals surface area contributed by atoms with Crippen molar-refractivity contribution in [1.29, 1.82) is 0 Å². The van der Waals surface area contributed by atoms with Crippen molar-refractivity contribution in [2.45, 2.75) is 12.0 Å². The van der Waals surface area contributed by atoms with Crippen molar-refractivity contribution in [1.82, 2.24) is 5.32 Å². The Labute approximate surface area is 248 Å². The summed E-state index contributed by atoms with van der Waals surface area (Å²) >= 11 is 0. The van der Waals surface area contributed by atoms with E-state index in [0.29, 0.717) is 45.2 Å². The van der Waals surface area contributed by atoms with Gasteiger partial charge in [0.15, 0.2) is 0 Å². The van der Waals surface area contributed by atoms with Crippen molar-refractivity contribution < 1.29 is 19.2 Å². The Morgan fingerprint density at radius 3 is 1.51 bits per heavy atom. The van der Waals surface area contributed by atoms with Crippen LogP contribution in [0.4, 0.5) is 17.1 Å². The molecule has 8 nitrogen and oxygen atoms in total.